The van der Waals surface area contributed by atoms with Crippen LogP contribution in [0.25, 0.3) is 0 Å². The number of aryl methyl sites for hydroxylation is 1. The monoisotopic (exact) mass is 493 g/mol. The van der Waals surface area contributed by atoms with Gasteiger partial charge in [0.05, 0.1) is 13.1 Å². The maximum Gasteiger partial charge on any atom is 0.245 e. The van der Waals surface area contributed by atoms with E-state index in [0.29, 0.717) is 32.5 Å². The van der Waals surface area contributed by atoms with Gasteiger partial charge in [0.1, 0.15) is 6.04 Å². The van der Waals surface area contributed by atoms with E-state index in [-0.39, 0.29) is 36.9 Å². The summed E-state index contributed by atoms with van der Waals surface area (Å²) >= 11 is 0. The number of hydrogen-bond donors (Lipinski definition) is 3. The zero-order chi connectivity index (χ0) is 25.8. The predicted molar refractivity (Wildman–Crippen MR) is 141 cm³/mol. The number of carbonyl (C=O) groups excluding carboxylic acids is 3. The van der Waals surface area contributed by atoms with Gasteiger partial charge in [-0.25, -0.2) is 0 Å². The first kappa shape index (κ1) is 27.4. The van der Waals surface area contributed by atoms with Crippen molar-refractivity contribution in [2.24, 2.45) is 5.73 Å². The van der Waals surface area contributed by atoms with Gasteiger partial charge in [0, 0.05) is 25.7 Å². The summed E-state index contributed by atoms with van der Waals surface area (Å²) in [5.74, 6) is -0.406. The van der Waals surface area contributed by atoms with Crippen LogP contribution in [0.5, 0.6) is 0 Å². The fourth-order valence-electron chi connectivity index (χ4n) is 4.74. The molecule has 3 rings (SSSR count). The second-order valence-electron chi connectivity index (χ2n) is 9.28. The maximum atomic E-state index is 13.7. The highest BCUT2D eigenvalue weighted by atomic mass is 16.2. The fraction of sp³-hybridized carbons (Fsp3) is 0.464. The van der Waals surface area contributed by atoms with Crippen molar-refractivity contribution < 1.29 is 14.4 Å². The quantitative estimate of drug-likeness (QED) is 0.390. The van der Waals surface area contributed by atoms with Gasteiger partial charge in [-0.1, -0.05) is 60.7 Å². The lowest BCUT2D eigenvalue weighted by atomic mass is 10.0. The maximum absolute atomic E-state index is 13.7. The first-order chi connectivity index (χ1) is 17.5. The first-order valence-electron chi connectivity index (χ1n) is 12.8. The van der Waals surface area contributed by atoms with Crippen molar-refractivity contribution in [3.63, 3.8) is 0 Å². The summed E-state index contributed by atoms with van der Waals surface area (Å²) in [7, 11) is 1.70. The summed E-state index contributed by atoms with van der Waals surface area (Å²) in [6.07, 6.45) is 3.62. The van der Waals surface area contributed by atoms with Gasteiger partial charge in [0.25, 0.3) is 0 Å². The highest BCUT2D eigenvalue weighted by molar-refractivity contribution is 5.88. The van der Waals surface area contributed by atoms with Crippen molar-refractivity contribution in [3.8, 4) is 0 Å². The Labute approximate surface area is 214 Å². The normalized spacial score (nSPS) is 15.9. The van der Waals surface area contributed by atoms with Crippen molar-refractivity contribution in [1.29, 1.82) is 0 Å². The van der Waals surface area contributed by atoms with E-state index in [1.54, 1.807) is 11.9 Å². The molecule has 0 aliphatic carbocycles. The van der Waals surface area contributed by atoms with Crippen molar-refractivity contribution in [1.82, 2.24) is 20.4 Å². The van der Waals surface area contributed by atoms with Crippen LogP contribution in [0.4, 0.5) is 0 Å². The summed E-state index contributed by atoms with van der Waals surface area (Å²) in [5, 5.41) is 5.77. The van der Waals surface area contributed by atoms with Crippen LogP contribution >= 0.6 is 0 Å². The van der Waals surface area contributed by atoms with Crippen molar-refractivity contribution in [2.75, 3.05) is 39.8 Å². The van der Waals surface area contributed by atoms with Crippen molar-refractivity contribution >= 4 is 17.7 Å². The molecule has 8 nitrogen and oxygen atoms in total. The third-order valence-electron chi connectivity index (χ3n) is 6.67. The lowest BCUT2D eigenvalue weighted by Crippen LogP contribution is -2.54. The van der Waals surface area contributed by atoms with Gasteiger partial charge < -0.3 is 26.2 Å². The molecule has 1 unspecified atom stereocenters. The molecule has 1 heterocycles. The Balaban J connectivity index is 1.68. The van der Waals surface area contributed by atoms with Crippen LogP contribution in [0.2, 0.25) is 0 Å². The van der Waals surface area contributed by atoms with E-state index in [2.05, 4.69) is 10.6 Å². The third-order valence-corrected chi connectivity index (χ3v) is 6.67. The predicted octanol–water partition coefficient (Wildman–Crippen LogP) is 1.34. The van der Waals surface area contributed by atoms with Crippen LogP contribution in [-0.4, -0.2) is 79.4 Å². The Hall–Kier alpha value is -3.23. The topological polar surface area (TPSA) is 108 Å². The number of likely N-dealkylation sites (tertiary alicyclic amines) is 1. The van der Waals surface area contributed by atoms with Gasteiger partial charge in [0.2, 0.25) is 17.7 Å². The van der Waals surface area contributed by atoms with E-state index in [1.807, 2.05) is 65.6 Å². The molecule has 1 aliphatic rings. The van der Waals surface area contributed by atoms with E-state index in [0.717, 1.165) is 30.4 Å². The largest absolute Gasteiger partial charge is 0.343 e. The smallest absolute Gasteiger partial charge is 0.245 e. The first-order valence-corrected chi connectivity index (χ1v) is 12.8. The molecule has 0 aromatic heterocycles. The molecule has 2 atom stereocenters. The van der Waals surface area contributed by atoms with Crippen LogP contribution in [0.1, 0.15) is 30.4 Å². The summed E-state index contributed by atoms with van der Waals surface area (Å²) in [6.45, 7) is 1.71. The highest BCUT2D eigenvalue weighted by Crippen LogP contribution is 2.21. The minimum Gasteiger partial charge on any atom is -0.343 e. The summed E-state index contributed by atoms with van der Waals surface area (Å²) in [4.78, 5) is 42.3. The lowest BCUT2D eigenvalue weighted by Gasteiger charge is -2.33. The van der Waals surface area contributed by atoms with Crippen LogP contribution in [0.15, 0.2) is 60.7 Å². The number of nitrogens with one attached hydrogen (secondary N) is 2. The van der Waals surface area contributed by atoms with Crippen molar-refractivity contribution in [2.45, 2.75) is 44.2 Å². The second kappa shape index (κ2) is 14.4. The molecule has 194 valence electrons. The average Bonchev–Trinajstić information content (AvgIpc) is 3.37. The molecule has 1 aliphatic heterocycles. The Kier molecular flexibility index (Phi) is 10.9. The molecule has 0 radical (unpaired) electrons. The third kappa shape index (κ3) is 8.17. The molecule has 1 fully saturated rings. The van der Waals surface area contributed by atoms with E-state index in [9.17, 15) is 14.4 Å². The molecule has 2 aromatic rings. The molecule has 2 aromatic carbocycles. The SMILES string of the molecule is CNCC(=O)N[C@@H](CCc1ccccc1)C(=O)N1CCCC1CN(CCc1ccccc1)C(=O)CN. The average molecular weight is 494 g/mol. The Morgan fingerprint density at radius 2 is 1.67 bits per heavy atom. The highest BCUT2D eigenvalue weighted by Gasteiger charge is 2.35. The number of rotatable bonds is 13. The number of amides is 3. The van der Waals surface area contributed by atoms with E-state index < -0.39 is 6.04 Å². The van der Waals surface area contributed by atoms with Gasteiger partial charge in [-0.15, -0.1) is 0 Å². The zero-order valence-electron chi connectivity index (χ0n) is 21.2. The number of hydrogen-bond acceptors (Lipinski definition) is 5. The second-order valence-corrected chi connectivity index (χ2v) is 9.28. The number of carbonyl (C=O) groups is 3. The molecular formula is C28H39N5O3. The Morgan fingerprint density at radius 3 is 2.28 bits per heavy atom. The molecule has 4 N–H and O–H groups in total. The van der Waals surface area contributed by atoms with Crippen LogP contribution < -0.4 is 16.4 Å². The van der Waals surface area contributed by atoms with Crippen LogP contribution in [-0.2, 0) is 27.2 Å². The van der Waals surface area contributed by atoms with Gasteiger partial charge in [0.15, 0.2) is 0 Å². The van der Waals surface area contributed by atoms with Crippen LogP contribution in [0.3, 0.4) is 0 Å². The lowest BCUT2D eigenvalue weighted by molar-refractivity contribution is -0.139. The zero-order valence-corrected chi connectivity index (χ0v) is 21.2. The standard InChI is InChI=1S/C28H39N5O3/c1-30-20-26(34)31-25(15-14-22-9-4-2-5-10-22)28(36)33-17-8-13-24(33)21-32(27(35)19-29)18-16-23-11-6-3-7-12-23/h2-7,9-12,24-25,30H,8,13-21,29H2,1H3,(H,31,34)/t24?,25-/m0/s1. The molecule has 0 spiro atoms. The Morgan fingerprint density at radius 1 is 1.03 bits per heavy atom. The summed E-state index contributed by atoms with van der Waals surface area (Å²) < 4.78 is 0. The number of nitrogens with two attached hydrogens (primary N) is 1. The van der Waals surface area contributed by atoms with Gasteiger partial charge in [-0.05, 0) is 50.3 Å². The molecule has 0 bridgehead atoms. The summed E-state index contributed by atoms with van der Waals surface area (Å²) in [6, 6.07) is 19.3. The van der Waals surface area contributed by atoms with Gasteiger partial charge in [-0.3, -0.25) is 14.4 Å². The molecule has 8 heteroatoms. The van der Waals surface area contributed by atoms with E-state index >= 15 is 0 Å². The fourth-order valence-corrected chi connectivity index (χ4v) is 4.74. The van der Waals surface area contributed by atoms with Crippen molar-refractivity contribution in [3.05, 3.63) is 71.8 Å². The number of benzene rings is 2. The van der Waals surface area contributed by atoms with E-state index in [1.165, 1.54) is 0 Å². The van der Waals surface area contributed by atoms with Gasteiger partial charge in [-0.2, -0.15) is 0 Å². The molecule has 1 saturated heterocycles. The minimum absolute atomic E-state index is 0.0603. The molecular weight excluding hydrogens is 454 g/mol. The molecule has 36 heavy (non-hydrogen) atoms. The van der Waals surface area contributed by atoms with Crippen LogP contribution in [0, 0.1) is 0 Å². The van der Waals surface area contributed by atoms with Gasteiger partial charge >= 0.3 is 0 Å². The summed E-state index contributed by atoms with van der Waals surface area (Å²) in [5.41, 5.74) is 7.99. The number of likely N-dealkylation sites (N-methyl/N-ethyl adjacent to an activating group) is 1. The minimum atomic E-state index is -0.616. The van der Waals surface area contributed by atoms with E-state index in [4.69, 9.17) is 5.73 Å². The molecule has 0 saturated carbocycles. The Bertz CT molecular complexity index is 970. The molecule has 3 amide bonds. The number of nitrogens with zero attached hydrogens (tertiary/aromatic N) is 2.